The van der Waals surface area contributed by atoms with Gasteiger partial charge in [-0.25, -0.2) is 0 Å². The van der Waals surface area contributed by atoms with Gasteiger partial charge < -0.3 is 24.4 Å². The molecule has 7 nitrogen and oxygen atoms in total. The first-order valence-corrected chi connectivity index (χ1v) is 9.84. The zero-order valence-electron chi connectivity index (χ0n) is 16.5. The molecule has 152 valence electrons. The number of nitrogens with one attached hydrogen (secondary N) is 1. The van der Waals surface area contributed by atoms with Crippen LogP contribution in [-0.2, 0) is 9.59 Å². The number of rotatable bonds is 6. The molecule has 0 aliphatic carbocycles. The lowest BCUT2D eigenvalue weighted by molar-refractivity contribution is -0.129. The van der Waals surface area contributed by atoms with E-state index in [-0.39, 0.29) is 17.9 Å². The van der Waals surface area contributed by atoms with E-state index in [0.717, 1.165) is 24.8 Å². The van der Waals surface area contributed by atoms with Gasteiger partial charge in [0, 0.05) is 31.6 Å². The molecule has 0 bridgehead atoms. The van der Waals surface area contributed by atoms with Gasteiger partial charge in [0.15, 0.2) is 11.5 Å². The van der Waals surface area contributed by atoms with Crippen molar-refractivity contribution in [3.05, 3.63) is 23.8 Å². The number of piperidine rings is 1. The van der Waals surface area contributed by atoms with Gasteiger partial charge in [0.25, 0.3) is 0 Å². The number of hydrogen-bond acceptors (Lipinski definition) is 5. The van der Waals surface area contributed by atoms with E-state index in [1.807, 2.05) is 19.1 Å². The summed E-state index contributed by atoms with van der Waals surface area (Å²) < 4.78 is 16.6. The number of nitrogens with zero attached hydrogens (tertiary/aromatic N) is 1. The van der Waals surface area contributed by atoms with Crippen LogP contribution < -0.4 is 19.5 Å². The molecule has 1 unspecified atom stereocenters. The minimum Gasteiger partial charge on any atom is -0.493 e. The number of carbonyl (C=O) groups excluding carboxylic acids is 2. The molecule has 2 amide bonds. The third-order valence-electron chi connectivity index (χ3n) is 4.84. The van der Waals surface area contributed by atoms with E-state index in [2.05, 4.69) is 5.32 Å². The summed E-state index contributed by atoms with van der Waals surface area (Å²) in [5.74, 6) is 1.79. The maximum absolute atomic E-state index is 12.6. The van der Waals surface area contributed by atoms with Crippen molar-refractivity contribution in [1.29, 1.82) is 0 Å². The van der Waals surface area contributed by atoms with Crippen LogP contribution in [0.5, 0.6) is 17.2 Å². The average Bonchev–Trinajstić information content (AvgIpc) is 2.71. The molecule has 2 aliphatic heterocycles. The summed E-state index contributed by atoms with van der Waals surface area (Å²) >= 11 is 0. The van der Waals surface area contributed by atoms with Gasteiger partial charge in [-0.1, -0.05) is 6.92 Å². The SMILES string of the molecule is CCCC(=O)NC1CCCN(C(=O)/C=C/c2cc(OC)c3c(c2)OCCO3)C1. The zero-order valence-corrected chi connectivity index (χ0v) is 16.5. The van der Waals surface area contributed by atoms with Crippen molar-refractivity contribution in [1.82, 2.24) is 10.2 Å². The molecule has 1 fully saturated rings. The Labute approximate surface area is 165 Å². The Morgan fingerprint density at radius 1 is 1.32 bits per heavy atom. The van der Waals surface area contributed by atoms with Crippen LogP contribution in [0.2, 0.25) is 0 Å². The van der Waals surface area contributed by atoms with Crippen molar-refractivity contribution in [3.8, 4) is 17.2 Å². The fourth-order valence-corrected chi connectivity index (χ4v) is 3.48. The molecule has 0 spiro atoms. The number of carbonyl (C=O) groups is 2. The summed E-state index contributed by atoms with van der Waals surface area (Å²) in [5.41, 5.74) is 0.805. The topological polar surface area (TPSA) is 77.1 Å². The third-order valence-corrected chi connectivity index (χ3v) is 4.84. The minimum absolute atomic E-state index is 0.0273. The van der Waals surface area contributed by atoms with Crippen LogP contribution in [0.4, 0.5) is 0 Å². The summed E-state index contributed by atoms with van der Waals surface area (Å²) in [6.07, 6.45) is 6.44. The standard InChI is InChI=1S/C21H28N2O5/c1-3-5-19(24)22-16-6-4-9-23(14-16)20(25)8-7-15-12-17(26-2)21-18(13-15)27-10-11-28-21/h7-8,12-13,16H,3-6,9-11,14H2,1-2H3,(H,22,24)/b8-7+. The van der Waals surface area contributed by atoms with Crippen molar-refractivity contribution in [2.24, 2.45) is 0 Å². The van der Waals surface area contributed by atoms with Crippen LogP contribution in [0.15, 0.2) is 18.2 Å². The monoisotopic (exact) mass is 388 g/mol. The third kappa shape index (κ3) is 4.97. The number of fused-ring (bicyclic) bond motifs is 1. The van der Waals surface area contributed by atoms with Gasteiger partial charge in [-0.05, 0) is 43.0 Å². The molecule has 2 aliphatic rings. The quantitative estimate of drug-likeness (QED) is 0.757. The molecule has 0 radical (unpaired) electrons. The molecule has 28 heavy (non-hydrogen) atoms. The molecule has 2 heterocycles. The zero-order chi connectivity index (χ0) is 19.9. The van der Waals surface area contributed by atoms with E-state index in [4.69, 9.17) is 14.2 Å². The Bertz CT molecular complexity index is 729. The molecular weight excluding hydrogens is 360 g/mol. The number of likely N-dealkylation sites (tertiary alicyclic amines) is 1. The Morgan fingerprint density at radius 2 is 2.14 bits per heavy atom. The van der Waals surface area contributed by atoms with E-state index in [1.54, 1.807) is 24.2 Å². The second kappa shape index (κ2) is 9.48. The second-order valence-electron chi connectivity index (χ2n) is 7.02. The summed E-state index contributed by atoms with van der Waals surface area (Å²) in [7, 11) is 1.58. The fourth-order valence-electron chi connectivity index (χ4n) is 3.48. The first-order chi connectivity index (χ1) is 13.6. The first kappa shape index (κ1) is 20.0. The maximum Gasteiger partial charge on any atom is 0.246 e. The van der Waals surface area contributed by atoms with Crippen LogP contribution >= 0.6 is 0 Å². The van der Waals surface area contributed by atoms with E-state index < -0.39 is 0 Å². The Hall–Kier alpha value is -2.70. The molecule has 1 aromatic rings. The Kier molecular flexibility index (Phi) is 6.79. The molecule has 0 saturated carbocycles. The highest BCUT2D eigenvalue weighted by Crippen LogP contribution is 2.40. The van der Waals surface area contributed by atoms with Crippen LogP contribution in [0, 0.1) is 0 Å². The van der Waals surface area contributed by atoms with Crippen LogP contribution in [0.25, 0.3) is 6.08 Å². The molecule has 1 aromatic carbocycles. The van der Waals surface area contributed by atoms with Crippen molar-refractivity contribution < 1.29 is 23.8 Å². The number of amides is 2. The van der Waals surface area contributed by atoms with Gasteiger partial charge in [-0.2, -0.15) is 0 Å². The lowest BCUT2D eigenvalue weighted by Gasteiger charge is -2.32. The summed E-state index contributed by atoms with van der Waals surface area (Å²) in [6, 6.07) is 3.69. The van der Waals surface area contributed by atoms with E-state index in [9.17, 15) is 9.59 Å². The normalized spacial score (nSPS) is 18.8. The fraction of sp³-hybridized carbons (Fsp3) is 0.524. The number of ether oxygens (including phenoxy) is 3. The Morgan fingerprint density at radius 3 is 2.93 bits per heavy atom. The largest absolute Gasteiger partial charge is 0.493 e. The van der Waals surface area contributed by atoms with Gasteiger partial charge in [0.2, 0.25) is 17.6 Å². The van der Waals surface area contributed by atoms with Gasteiger partial charge in [0.05, 0.1) is 7.11 Å². The predicted octanol–water partition coefficient (Wildman–Crippen LogP) is 2.39. The highest BCUT2D eigenvalue weighted by atomic mass is 16.6. The number of methoxy groups -OCH3 is 1. The Balaban J connectivity index is 1.64. The van der Waals surface area contributed by atoms with Crippen LogP contribution in [0.3, 0.4) is 0 Å². The molecule has 1 N–H and O–H groups in total. The number of hydrogen-bond donors (Lipinski definition) is 1. The lowest BCUT2D eigenvalue weighted by Crippen LogP contribution is -2.49. The van der Waals surface area contributed by atoms with E-state index in [0.29, 0.717) is 50.0 Å². The van der Waals surface area contributed by atoms with Gasteiger partial charge in [-0.3, -0.25) is 9.59 Å². The van der Waals surface area contributed by atoms with Crippen molar-refractivity contribution in [3.63, 3.8) is 0 Å². The minimum atomic E-state index is -0.0664. The van der Waals surface area contributed by atoms with E-state index >= 15 is 0 Å². The molecule has 0 aromatic heterocycles. The predicted molar refractivity (Wildman–Crippen MR) is 106 cm³/mol. The summed E-state index contributed by atoms with van der Waals surface area (Å²) in [5, 5.41) is 3.02. The highest BCUT2D eigenvalue weighted by molar-refractivity contribution is 5.92. The second-order valence-corrected chi connectivity index (χ2v) is 7.02. The molecule has 3 rings (SSSR count). The van der Waals surface area contributed by atoms with Crippen molar-refractivity contribution in [2.45, 2.75) is 38.6 Å². The van der Waals surface area contributed by atoms with Gasteiger partial charge in [-0.15, -0.1) is 0 Å². The lowest BCUT2D eigenvalue weighted by atomic mass is 10.0. The average molecular weight is 388 g/mol. The highest BCUT2D eigenvalue weighted by Gasteiger charge is 2.23. The molecular formula is C21H28N2O5. The summed E-state index contributed by atoms with van der Waals surface area (Å²) in [6.45, 7) is 4.20. The van der Waals surface area contributed by atoms with Crippen LogP contribution in [0.1, 0.15) is 38.2 Å². The van der Waals surface area contributed by atoms with E-state index in [1.165, 1.54) is 0 Å². The molecule has 7 heteroatoms. The maximum atomic E-state index is 12.6. The van der Waals surface area contributed by atoms with Crippen molar-refractivity contribution in [2.75, 3.05) is 33.4 Å². The smallest absolute Gasteiger partial charge is 0.246 e. The van der Waals surface area contributed by atoms with Gasteiger partial charge >= 0.3 is 0 Å². The molecule has 1 saturated heterocycles. The van der Waals surface area contributed by atoms with Crippen LogP contribution in [-0.4, -0.2) is 56.2 Å². The van der Waals surface area contributed by atoms with Crippen molar-refractivity contribution >= 4 is 17.9 Å². The molecule has 1 atom stereocenters. The summed E-state index contributed by atoms with van der Waals surface area (Å²) in [4.78, 5) is 26.2. The van der Waals surface area contributed by atoms with Gasteiger partial charge in [0.1, 0.15) is 13.2 Å². The first-order valence-electron chi connectivity index (χ1n) is 9.84. The number of benzene rings is 1.